The van der Waals surface area contributed by atoms with E-state index in [0.29, 0.717) is 34.1 Å². The van der Waals surface area contributed by atoms with Crippen LogP contribution in [0.3, 0.4) is 0 Å². The first-order chi connectivity index (χ1) is 24.1. The Morgan fingerprint density at radius 3 is 1.20 bits per heavy atom. The van der Waals surface area contributed by atoms with Gasteiger partial charge in [-0.15, -0.1) is 0 Å². The molecule has 0 aliphatic heterocycles. The number of ether oxygens (including phenoxy) is 4. The Kier molecular flexibility index (Phi) is 15.8. The lowest BCUT2D eigenvalue weighted by Gasteiger charge is -2.16. The highest BCUT2D eigenvalue weighted by atomic mass is 31.2. The van der Waals surface area contributed by atoms with E-state index in [4.69, 9.17) is 37.0 Å². The Bertz CT molecular complexity index is 1680. The van der Waals surface area contributed by atoms with Crippen molar-refractivity contribution in [3.63, 3.8) is 0 Å². The van der Waals surface area contributed by atoms with Crippen molar-refractivity contribution in [3.8, 4) is 35.1 Å². The van der Waals surface area contributed by atoms with E-state index in [1.54, 1.807) is 64.1 Å². The van der Waals surface area contributed by atoms with Gasteiger partial charge in [-0.25, -0.2) is 0 Å². The topological polar surface area (TPSA) is 156 Å². The van der Waals surface area contributed by atoms with Gasteiger partial charge in [-0.3, -0.25) is 9.13 Å². The Labute approximate surface area is 293 Å². The summed E-state index contributed by atoms with van der Waals surface area (Å²) in [5.74, 6) is 1.81. The first-order valence-electron chi connectivity index (χ1n) is 15.8. The summed E-state index contributed by atoms with van der Waals surface area (Å²) in [4.78, 5) is 0. The fraction of sp³-hybridized carbons (Fsp3) is 0.333. The molecule has 0 bridgehead atoms. The summed E-state index contributed by atoms with van der Waals surface area (Å²) in [5.41, 5.74) is 2.85. The van der Waals surface area contributed by atoms with Gasteiger partial charge in [0, 0.05) is 0 Å². The minimum atomic E-state index is -3.77. The van der Waals surface area contributed by atoms with Crippen molar-refractivity contribution in [1.82, 2.24) is 0 Å². The highest BCUT2D eigenvalue weighted by molar-refractivity contribution is 7.59. The first kappa shape index (κ1) is 40.1. The van der Waals surface area contributed by atoms with Gasteiger partial charge in [0.15, 0.2) is 23.0 Å². The molecule has 266 valence electrons. The van der Waals surface area contributed by atoms with E-state index in [1.807, 2.05) is 36.4 Å². The lowest BCUT2D eigenvalue weighted by Crippen LogP contribution is -2.01. The maximum Gasteiger partial charge on any atom is 0.371 e. The van der Waals surface area contributed by atoms with Gasteiger partial charge in [-0.2, -0.15) is 10.5 Å². The molecule has 0 unspecified atom stereocenters. The van der Waals surface area contributed by atoms with Crippen LogP contribution in [0, 0.1) is 22.7 Å². The largest absolute Gasteiger partial charge is 0.493 e. The molecular formula is C36H42N2O10P2. The maximum atomic E-state index is 13.2. The molecule has 3 aromatic carbocycles. The van der Waals surface area contributed by atoms with Crippen LogP contribution in [0.15, 0.2) is 71.3 Å². The zero-order chi connectivity index (χ0) is 36.6. The number of allylic oxidation sites excluding steroid dienone is 2. The molecule has 50 heavy (non-hydrogen) atoms. The molecule has 0 aliphatic carbocycles. The van der Waals surface area contributed by atoms with Crippen molar-refractivity contribution in [2.75, 3.05) is 40.6 Å². The summed E-state index contributed by atoms with van der Waals surface area (Å²) in [7, 11) is -4.50. The van der Waals surface area contributed by atoms with Gasteiger partial charge in [0.2, 0.25) is 0 Å². The van der Waals surface area contributed by atoms with Crippen molar-refractivity contribution >= 4 is 27.3 Å². The van der Waals surface area contributed by atoms with Gasteiger partial charge in [0.1, 0.15) is 36.0 Å². The molecule has 12 nitrogen and oxygen atoms in total. The minimum absolute atomic E-state index is 0.114. The van der Waals surface area contributed by atoms with E-state index in [0.717, 1.165) is 11.1 Å². The van der Waals surface area contributed by atoms with E-state index in [-0.39, 0.29) is 50.3 Å². The number of hydrogen-bond donors (Lipinski definition) is 0. The molecule has 3 rings (SSSR count). The molecule has 0 spiro atoms. The Balaban J connectivity index is 1.75. The summed E-state index contributed by atoms with van der Waals surface area (Å²) < 4.78 is 70.7. The molecule has 0 heterocycles. The second-order valence-corrected chi connectivity index (χ2v) is 14.1. The fourth-order valence-electron chi connectivity index (χ4n) is 4.54. The summed E-state index contributed by atoms with van der Waals surface area (Å²) in [6.07, 6.45) is 2.91. The summed E-state index contributed by atoms with van der Waals surface area (Å²) in [5, 5.41) is 19.2. The van der Waals surface area contributed by atoms with Crippen LogP contribution in [0.4, 0.5) is 0 Å². The molecule has 0 aliphatic rings. The molecule has 0 saturated carbocycles. The number of nitriles is 2. The quantitative estimate of drug-likeness (QED) is 0.0806. The average Bonchev–Trinajstić information content (AvgIpc) is 3.11. The van der Waals surface area contributed by atoms with Crippen LogP contribution >= 0.6 is 15.2 Å². The van der Waals surface area contributed by atoms with Crippen molar-refractivity contribution in [3.05, 3.63) is 93.5 Å². The molecule has 0 atom stereocenters. The standard InChI is InChI=1S/C36H42N2O10P2/c1-7-45-49(39,46-8-2)31(23-37)19-29-15-17-33(41-5)35(21-29)43-25-27-11-13-28(14-12-27)26-44-36-22-30(16-18-34(36)42-6)20-32(24-38)50(40,47-9-3)48-10-4/h11-22H,7-10,25-26H2,1-6H3/b31-19+,32-20+. The normalized spacial score (nSPS) is 12.2. The second kappa shape index (κ2) is 19.7. The summed E-state index contributed by atoms with van der Waals surface area (Å²) in [6, 6.07) is 21.7. The van der Waals surface area contributed by atoms with E-state index < -0.39 is 15.2 Å². The molecule has 0 radical (unpaired) electrons. The number of rotatable bonds is 20. The van der Waals surface area contributed by atoms with Gasteiger partial charge in [0.05, 0.1) is 40.6 Å². The smallest absolute Gasteiger partial charge is 0.371 e. The number of nitrogens with zero attached hydrogens (tertiary/aromatic N) is 2. The number of hydrogen-bond acceptors (Lipinski definition) is 12. The summed E-state index contributed by atoms with van der Waals surface area (Å²) in [6.45, 7) is 7.62. The van der Waals surface area contributed by atoms with Crippen LogP contribution in [-0.2, 0) is 40.4 Å². The van der Waals surface area contributed by atoms with Crippen LogP contribution in [-0.4, -0.2) is 40.6 Å². The van der Waals surface area contributed by atoms with Crippen LogP contribution in [0.5, 0.6) is 23.0 Å². The third kappa shape index (κ3) is 10.8. The predicted molar refractivity (Wildman–Crippen MR) is 190 cm³/mol. The molecule has 0 fully saturated rings. The minimum Gasteiger partial charge on any atom is -0.493 e. The average molecular weight is 725 g/mol. The first-order valence-corrected chi connectivity index (χ1v) is 18.9. The van der Waals surface area contributed by atoms with Gasteiger partial charge >= 0.3 is 15.2 Å². The zero-order valence-electron chi connectivity index (χ0n) is 29.0. The third-order valence-corrected chi connectivity index (χ3v) is 10.8. The van der Waals surface area contributed by atoms with Crippen molar-refractivity contribution in [1.29, 1.82) is 10.5 Å². The predicted octanol–water partition coefficient (Wildman–Crippen LogP) is 9.12. The van der Waals surface area contributed by atoms with Gasteiger partial charge in [-0.05, 0) is 86.4 Å². The molecule has 14 heteroatoms. The fourth-order valence-corrected chi connectivity index (χ4v) is 7.46. The van der Waals surface area contributed by atoms with Crippen LogP contribution in [0.25, 0.3) is 12.2 Å². The molecule has 0 N–H and O–H groups in total. The third-order valence-electron chi connectivity index (χ3n) is 6.81. The van der Waals surface area contributed by atoms with E-state index >= 15 is 0 Å². The molecule has 0 saturated heterocycles. The highest BCUT2D eigenvalue weighted by Crippen LogP contribution is 2.57. The maximum absolute atomic E-state index is 13.2. The number of benzene rings is 3. The van der Waals surface area contributed by atoms with Crippen molar-refractivity contribution in [2.45, 2.75) is 40.9 Å². The van der Waals surface area contributed by atoms with Gasteiger partial charge in [0.25, 0.3) is 0 Å². The Hall–Kier alpha value is -4.38. The Morgan fingerprint density at radius 2 is 0.920 bits per heavy atom. The number of methoxy groups -OCH3 is 2. The van der Waals surface area contributed by atoms with E-state index in [9.17, 15) is 19.7 Å². The molecule has 0 amide bonds. The molecule has 3 aromatic rings. The Morgan fingerprint density at radius 1 is 0.580 bits per heavy atom. The van der Waals surface area contributed by atoms with E-state index in [1.165, 1.54) is 26.4 Å². The van der Waals surface area contributed by atoms with Gasteiger partial charge in [-0.1, -0.05) is 36.4 Å². The van der Waals surface area contributed by atoms with Crippen LogP contribution in [0.1, 0.15) is 49.9 Å². The molecule has 0 aromatic heterocycles. The highest BCUT2D eigenvalue weighted by Gasteiger charge is 2.31. The lowest BCUT2D eigenvalue weighted by atomic mass is 10.1. The summed E-state index contributed by atoms with van der Waals surface area (Å²) >= 11 is 0. The van der Waals surface area contributed by atoms with Crippen molar-refractivity contribution < 1.29 is 46.2 Å². The SMILES string of the molecule is CCOP(=O)(OCC)/C(C#N)=C/c1ccc(OC)c(OCc2ccc(COc3cc(/C=C(\C#N)P(=O)(OCC)OCC)ccc3OC)cc2)c1. The second-order valence-electron chi connectivity index (χ2n) is 10.2. The van der Waals surface area contributed by atoms with Gasteiger partial charge < -0.3 is 37.0 Å². The zero-order valence-corrected chi connectivity index (χ0v) is 30.8. The lowest BCUT2D eigenvalue weighted by molar-refractivity contribution is 0.226. The van der Waals surface area contributed by atoms with Crippen LogP contribution in [0.2, 0.25) is 0 Å². The monoisotopic (exact) mass is 724 g/mol. The molecular weight excluding hydrogens is 682 g/mol. The van der Waals surface area contributed by atoms with Crippen LogP contribution < -0.4 is 18.9 Å². The van der Waals surface area contributed by atoms with Crippen molar-refractivity contribution in [2.24, 2.45) is 0 Å². The van der Waals surface area contributed by atoms with E-state index in [2.05, 4.69) is 0 Å².